The average molecular weight is 332 g/mol. The van der Waals surface area contributed by atoms with Gasteiger partial charge < -0.3 is 15.2 Å². The summed E-state index contributed by atoms with van der Waals surface area (Å²) in [5.41, 5.74) is 0.781. The number of aryl methyl sites for hydroxylation is 1. The van der Waals surface area contributed by atoms with Crippen molar-refractivity contribution >= 4 is 17.4 Å². The van der Waals surface area contributed by atoms with Crippen molar-refractivity contribution in [3.63, 3.8) is 0 Å². The van der Waals surface area contributed by atoms with Gasteiger partial charge in [-0.05, 0) is 18.4 Å². The van der Waals surface area contributed by atoms with E-state index in [-0.39, 0.29) is 12.6 Å². The van der Waals surface area contributed by atoms with Gasteiger partial charge in [-0.25, -0.2) is 4.79 Å². The summed E-state index contributed by atoms with van der Waals surface area (Å²) in [5, 5.41) is 15.5. The molecule has 0 radical (unpaired) electrons. The second-order valence-electron chi connectivity index (χ2n) is 4.71. The first-order valence-corrected chi connectivity index (χ1v) is 8.02. The standard InChI is InChI=1S/C14H16N6O2S/c1-2-20-9-10(6-17-20)13-18-12(22-19-13)8-16-14(21)15-7-11-4-3-5-23-11/h3-6,9H,2,7-8H2,1H3,(H2,15,16,21). The lowest BCUT2D eigenvalue weighted by Gasteiger charge is -2.03. The third kappa shape index (κ3) is 3.95. The predicted molar refractivity (Wildman–Crippen MR) is 84.6 cm³/mol. The molecule has 0 bridgehead atoms. The molecule has 0 aliphatic carbocycles. The van der Waals surface area contributed by atoms with Crippen molar-refractivity contribution < 1.29 is 9.32 Å². The smallest absolute Gasteiger partial charge is 0.315 e. The second-order valence-corrected chi connectivity index (χ2v) is 5.74. The Bertz CT molecular complexity index is 764. The van der Waals surface area contributed by atoms with Crippen LogP contribution in [0, 0.1) is 0 Å². The van der Waals surface area contributed by atoms with Crippen LogP contribution in [0.15, 0.2) is 34.4 Å². The number of aromatic nitrogens is 4. The molecule has 9 heteroatoms. The van der Waals surface area contributed by atoms with Gasteiger partial charge in [-0.1, -0.05) is 11.2 Å². The zero-order valence-electron chi connectivity index (χ0n) is 12.5. The summed E-state index contributed by atoms with van der Waals surface area (Å²) in [6.45, 7) is 3.44. The van der Waals surface area contributed by atoms with Crippen molar-refractivity contribution in [2.45, 2.75) is 26.6 Å². The number of hydrogen-bond acceptors (Lipinski definition) is 6. The molecule has 2 N–H and O–H groups in total. The van der Waals surface area contributed by atoms with Gasteiger partial charge >= 0.3 is 6.03 Å². The minimum atomic E-state index is -0.281. The van der Waals surface area contributed by atoms with E-state index in [0.717, 1.165) is 17.0 Å². The molecule has 0 saturated carbocycles. The van der Waals surface area contributed by atoms with Gasteiger partial charge in [0.05, 0.1) is 24.8 Å². The summed E-state index contributed by atoms with van der Waals surface area (Å²) in [6.07, 6.45) is 3.52. The Labute approximate surface area is 136 Å². The molecular formula is C14H16N6O2S. The van der Waals surface area contributed by atoms with Crippen LogP contribution in [0.4, 0.5) is 4.79 Å². The molecule has 2 amide bonds. The van der Waals surface area contributed by atoms with E-state index in [4.69, 9.17) is 4.52 Å². The van der Waals surface area contributed by atoms with Gasteiger partial charge in [0, 0.05) is 17.6 Å². The average Bonchev–Trinajstić information content (AvgIpc) is 3.31. The molecule has 3 heterocycles. The fourth-order valence-corrected chi connectivity index (χ4v) is 2.54. The number of amides is 2. The Morgan fingerprint density at radius 1 is 1.39 bits per heavy atom. The van der Waals surface area contributed by atoms with E-state index in [1.807, 2.05) is 30.6 Å². The Kier molecular flexibility index (Phi) is 4.67. The van der Waals surface area contributed by atoms with Crippen molar-refractivity contribution in [1.29, 1.82) is 0 Å². The van der Waals surface area contributed by atoms with Crippen LogP contribution in [-0.2, 0) is 19.6 Å². The van der Waals surface area contributed by atoms with Crippen molar-refractivity contribution in [3.05, 3.63) is 40.7 Å². The maximum absolute atomic E-state index is 11.7. The number of carbonyl (C=O) groups excluding carboxylic acids is 1. The van der Waals surface area contributed by atoms with Gasteiger partial charge in [-0.3, -0.25) is 4.68 Å². The summed E-state index contributed by atoms with van der Waals surface area (Å²) in [5.74, 6) is 0.802. The molecule has 8 nitrogen and oxygen atoms in total. The fourth-order valence-electron chi connectivity index (χ4n) is 1.89. The van der Waals surface area contributed by atoms with E-state index < -0.39 is 0 Å². The summed E-state index contributed by atoms with van der Waals surface area (Å²) in [4.78, 5) is 17.0. The number of nitrogens with zero attached hydrogens (tertiary/aromatic N) is 4. The largest absolute Gasteiger partial charge is 0.337 e. The van der Waals surface area contributed by atoms with Crippen LogP contribution >= 0.6 is 11.3 Å². The quantitative estimate of drug-likeness (QED) is 0.719. The lowest BCUT2D eigenvalue weighted by molar-refractivity contribution is 0.238. The molecule has 3 aromatic rings. The van der Waals surface area contributed by atoms with Crippen molar-refractivity contribution in [2.24, 2.45) is 0 Å². The van der Waals surface area contributed by atoms with E-state index in [2.05, 4.69) is 25.9 Å². The van der Waals surface area contributed by atoms with E-state index in [0.29, 0.717) is 18.3 Å². The maximum atomic E-state index is 11.7. The topological polar surface area (TPSA) is 97.9 Å². The van der Waals surface area contributed by atoms with Crippen molar-refractivity contribution in [2.75, 3.05) is 0 Å². The SMILES string of the molecule is CCn1cc(-c2noc(CNC(=O)NCc3cccs3)n2)cn1. The minimum Gasteiger partial charge on any atom is -0.337 e. The van der Waals surface area contributed by atoms with Crippen LogP contribution in [0.2, 0.25) is 0 Å². The molecule has 3 rings (SSSR count). The Balaban J connectivity index is 1.49. The van der Waals surface area contributed by atoms with E-state index in [9.17, 15) is 4.79 Å². The zero-order valence-corrected chi connectivity index (χ0v) is 13.3. The maximum Gasteiger partial charge on any atom is 0.315 e. The first-order chi connectivity index (χ1) is 11.2. The van der Waals surface area contributed by atoms with E-state index >= 15 is 0 Å². The third-order valence-electron chi connectivity index (χ3n) is 3.09. The van der Waals surface area contributed by atoms with Gasteiger partial charge in [0.2, 0.25) is 11.7 Å². The summed E-state index contributed by atoms with van der Waals surface area (Å²) >= 11 is 1.59. The van der Waals surface area contributed by atoms with Gasteiger partial charge in [-0.15, -0.1) is 11.3 Å². The first-order valence-electron chi connectivity index (χ1n) is 7.14. The van der Waals surface area contributed by atoms with Crippen LogP contribution in [0.5, 0.6) is 0 Å². The molecule has 0 fully saturated rings. The highest BCUT2D eigenvalue weighted by Gasteiger charge is 2.11. The van der Waals surface area contributed by atoms with Crippen LogP contribution in [0.3, 0.4) is 0 Å². The van der Waals surface area contributed by atoms with Crippen molar-refractivity contribution in [3.8, 4) is 11.4 Å². The molecule has 0 unspecified atom stereocenters. The molecule has 0 spiro atoms. The number of rotatable bonds is 6. The second kappa shape index (κ2) is 7.05. The highest BCUT2D eigenvalue weighted by Crippen LogP contribution is 2.14. The van der Waals surface area contributed by atoms with Crippen LogP contribution in [-0.4, -0.2) is 26.0 Å². The Hall–Kier alpha value is -2.68. The van der Waals surface area contributed by atoms with E-state index in [1.54, 1.807) is 22.2 Å². The molecule has 0 aliphatic heterocycles. The predicted octanol–water partition coefficient (Wildman–Crippen LogP) is 2.01. The van der Waals surface area contributed by atoms with Crippen LogP contribution < -0.4 is 10.6 Å². The molecule has 3 aromatic heterocycles. The highest BCUT2D eigenvalue weighted by molar-refractivity contribution is 7.09. The molecule has 0 aliphatic rings. The summed E-state index contributed by atoms with van der Waals surface area (Å²) in [6, 6.07) is 3.63. The van der Waals surface area contributed by atoms with Crippen LogP contribution in [0.1, 0.15) is 17.7 Å². The monoisotopic (exact) mass is 332 g/mol. The third-order valence-corrected chi connectivity index (χ3v) is 3.96. The van der Waals surface area contributed by atoms with Crippen molar-refractivity contribution in [1.82, 2.24) is 30.6 Å². The van der Waals surface area contributed by atoms with Gasteiger partial charge in [0.25, 0.3) is 0 Å². The lowest BCUT2D eigenvalue weighted by Crippen LogP contribution is -2.34. The molecule has 0 aromatic carbocycles. The number of hydrogen-bond donors (Lipinski definition) is 2. The van der Waals surface area contributed by atoms with Gasteiger partial charge in [0.15, 0.2) is 0 Å². The van der Waals surface area contributed by atoms with Gasteiger partial charge in [0.1, 0.15) is 0 Å². The number of carbonyl (C=O) groups is 1. The normalized spacial score (nSPS) is 10.7. The molecule has 0 atom stereocenters. The first kappa shape index (κ1) is 15.2. The summed E-state index contributed by atoms with van der Waals surface area (Å²) < 4.78 is 6.90. The molecule has 120 valence electrons. The fraction of sp³-hybridized carbons (Fsp3) is 0.286. The molecule has 0 saturated heterocycles. The number of urea groups is 1. The van der Waals surface area contributed by atoms with E-state index in [1.165, 1.54) is 0 Å². The lowest BCUT2D eigenvalue weighted by atomic mass is 10.3. The highest BCUT2D eigenvalue weighted by atomic mass is 32.1. The molecular weight excluding hydrogens is 316 g/mol. The zero-order chi connectivity index (χ0) is 16.1. The van der Waals surface area contributed by atoms with Crippen LogP contribution in [0.25, 0.3) is 11.4 Å². The summed E-state index contributed by atoms with van der Waals surface area (Å²) in [7, 11) is 0. The number of thiophene rings is 1. The van der Waals surface area contributed by atoms with Gasteiger partial charge in [-0.2, -0.15) is 10.1 Å². The number of nitrogens with one attached hydrogen (secondary N) is 2. The Morgan fingerprint density at radius 3 is 3.00 bits per heavy atom. The Morgan fingerprint density at radius 2 is 2.26 bits per heavy atom. The molecule has 23 heavy (non-hydrogen) atoms. The minimum absolute atomic E-state index is 0.172.